The van der Waals surface area contributed by atoms with Crippen molar-refractivity contribution in [3.05, 3.63) is 29.3 Å². The van der Waals surface area contributed by atoms with E-state index in [2.05, 4.69) is 4.74 Å². The maximum absolute atomic E-state index is 11.4. The van der Waals surface area contributed by atoms with Gasteiger partial charge < -0.3 is 4.74 Å². The number of rotatable bonds is 4. The average molecular weight is 259 g/mol. The van der Waals surface area contributed by atoms with Gasteiger partial charge in [0.2, 0.25) is 0 Å². The zero-order valence-corrected chi connectivity index (χ0v) is 10.5. The minimum atomic E-state index is -0.857. The molecule has 0 aromatic heterocycles. The zero-order valence-electron chi connectivity index (χ0n) is 8.90. The van der Waals surface area contributed by atoms with Crippen LogP contribution >= 0.6 is 23.4 Å². The summed E-state index contributed by atoms with van der Waals surface area (Å²) < 4.78 is 4.56. The smallest absolute Gasteiger partial charge is 0.326 e. The quantitative estimate of drug-likeness (QED) is 0.473. The molecular formula is C11H11ClO3S. The molecule has 3 nitrogen and oxygen atoms in total. The highest BCUT2D eigenvalue weighted by atomic mass is 35.5. The fourth-order valence-corrected chi connectivity index (χ4v) is 2.29. The van der Waals surface area contributed by atoms with E-state index in [1.807, 2.05) is 0 Å². The summed E-state index contributed by atoms with van der Waals surface area (Å²) in [5.41, 5.74) is 0. The summed E-state index contributed by atoms with van der Waals surface area (Å²) in [6.45, 7) is 1.35. The molecule has 0 aliphatic heterocycles. The van der Waals surface area contributed by atoms with Crippen molar-refractivity contribution in [3.8, 4) is 0 Å². The van der Waals surface area contributed by atoms with Crippen LogP contribution in [0.3, 0.4) is 0 Å². The van der Waals surface area contributed by atoms with Crippen LogP contribution in [0, 0.1) is 0 Å². The second-order valence-corrected chi connectivity index (χ2v) is 4.62. The highest BCUT2D eigenvalue weighted by molar-refractivity contribution is 8.01. The highest BCUT2D eigenvalue weighted by Crippen LogP contribution is 2.30. The van der Waals surface area contributed by atoms with Crippen LogP contribution in [0.5, 0.6) is 0 Å². The summed E-state index contributed by atoms with van der Waals surface area (Å²) in [5, 5.41) is -0.340. The van der Waals surface area contributed by atoms with Crippen molar-refractivity contribution in [2.75, 3.05) is 7.11 Å². The number of Topliss-reactive ketones (excluding diaryl/α,β-unsaturated/α-hetero) is 1. The van der Waals surface area contributed by atoms with Crippen molar-refractivity contribution in [2.24, 2.45) is 0 Å². The number of hydrogen-bond acceptors (Lipinski definition) is 4. The first-order valence-electron chi connectivity index (χ1n) is 4.55. The fraction of sp³-hybridized carbons (Fsp3) is 0.273. The van der Waals surface area contributed by atoms with E-state index < -0.39 is 11.2 Å². The molecule has 0 fully saturated rings. The molecule has 1 unspecified atom stereocenters. The number of esters is 1. The largest absolute Gasteiger partial charge is 0.468 e. The number of benzene rings is 1. The van der Waals surface area contributed by atoms with Gasteiger partial charge in [-0.2, -0.15) is 0 Å². The van der Waals surface area contributed by atoms with Gasteiger partial charge in [0.15, 0.2) is 11.0 Å². The van der Waals surface area contributed by atoms with Gasteiger partial charge in [-0.05, 0) is 19.1 Å². The molecular weight excluding hydrogens is 248 g/mol. The van der Waals surface area contributed by atoms with Crippen LogP contribution in [0.25, 0.3) is 0 Å². The lowest BCUT2D eigenvalue weighted by Gasteiger charge is -2.11. The Hall–Kier alpha value is -1.00. The molecule has 0 radical (unpaired) electrons. The molecule has 16 heavy (non-hydrogen) atoms. The first-order valence-corrected chi connectivity index (χ1v) is 5.81. The third-order valence-corrected chi connectivity index (χ3v) is 3.68. The van der Waals surface area contributed by atoms with E-state index in [1.165, 1.54) is 14.0 Å². The summed E-state index contributed by atoms with van der Waals surface area (Å²) in [7, 11) is 1.26. The van der Waals surface area contributed by atoms with E-state index in [0.29, 0.717) is 9.92 Å². The van der Waals surface area contributed by atoms with Crippen molar-refractivity contribution >= 4 is 35.1 Å². The molecule has 0 heterocycles. The lowest BCUT2D eigenvalue weighted by molar-refractivity contribution is -0.142. The van der Waals surface area contributed by atoms with Crippen LogP contribution in [0.15, 0.2) is 29.2 Å². The molecule has 86 valence electrons. The molecule has 0 spiro atoms. The van der Waals surface area contributed by atoms with Gasteiger partial charge in [0, 0.05) is 4.90 Å². The number of carbonyl (C=O) groups excluding carboxylic acids is 2. The van der Waals surface area contributed by atoms with Gasteiger partial charge >= 0.3 is 5.97 Å². The van der Waals surface area contributed by atoms with Gasteiger partial charge in [-0.25, -0.2) is 0 Å². The molecule has 1 aromatic rings. The molecule has 0 saturated heterocycles. The molecule has 5 heteroatoms. The molecule has 1 rings (SSSR count). The van der Waals surface area contributed by atoms with Crippen LogP contribution in [0.4, 0.5) is 0 Å². The summed E-state index contributed by atoms with van der Waals surface area (Å²) in [5.74, 6) is -0.811. The Morgan fingerprint density at radius 1 is 1.38 bits per heavy atom. The third-order valence-electron chi connectivity index (χ3n) is 1.87. The standard InChI is InChI=1S/C11H11ClO3S/c1-7(13)10(11(14)15-2)16-9-6-4-3-5-8(9)12/h3-6,10H,1-2H3. The maximum atomic E-state index is 11.4. The Morgan fingerprint density at radius 2 is 2.00 bits per heavy atom. The summed E-state index contributed by atoms with van der Waals surface area (Å²) in [6.07, 6.45) is 0. The minimum Gasteiger partial charge on any atom is -0.468 e. The van der Waals surface area contributed by atoms with Crippen LogP contribution in [-0.4, -0.2) is 24.1 Å². The molecule has 0 saturated carbocycles. The average Bonchev–Trinajstić information content (AvgIpc) is 2.26. The van der Waals surface area contributed by atoms with E-state index in [-0.39, 0.29) is 5.78 Å². The zero-order chi connectivity index (χ0) is 12.1. The van der Waals surface area contributed by atoms with Crippen LogP contribution in [-0.2, 0) is 14.3 Å². The van der Waals surface area contributed by atoms with Crippen molar-refractivity contribution in [1.82, 2.24) is 0 Å². The van der Waals surface area contributed by atoms with E-state index in [9.17, 15) is 9.59 Å². The van der Waals surface area contributed by atoms with Gasteiger partial charge in [0.25, 0.3) is 0 Å². The Bertz CT molecular complexity index is 406. The van der Waals surface area contributed by atoms with E-state index in [1.54, 1.807) is 24.3 Å². The van der Waals surface area contributed by atoms with Crippen molar-refractivity contribution in [2.45, 2.75) is 17.1 Å². The molecule has 0 aliphatic carbocycles. The van der Waals surface area contributed by atoms with Gasteiger partial charge in [0.05, 0.1) is 12.1 Å². The first kappa shape index (κ1) is 13.1. The predicted molar refractivity (Wildman–Crippen MR) is 63.8 cm³/mol. The number of ether oxygens (including phenoxy) is 1. The SMILES string of the molecule is COC(=O)C(Sc1ccccc1Cl)C(C)=O. The Kier molecular flexibility index (Phi) is 4.83. The number of carbonyl (C=O) groups is 2. The first-order chi connectivity index (χ1) is 7.56. The molecule has 0 aliphatic rings. The number of ketones is 1. The number of hydrogen-bond donors (Lipinski definition) is 0. The summed E-state index contributed by atoms with van der Waals surface area (Å²) in [6, 6.07) is 7.04. The topological polar surface area (TPSA) is 43.4 Å². The second kappa shape index (κ2) is 5.92. The molecule has 0 amide bonds. The fourth-order valence-electron chi connectivity index (χ4n) is 1.07. The van der Waals surface area contributed by atoms with E-state index in [4.69, 9.17) is 11.6 Å². The van der Waals surface area contributed by atoms with Crippen molar-refractivity contribution in [1.29, 1.82) is 0 Å². The molecule has 0 N–H and O–H groups in total. The van der Waals surface area contributed by atoms with Gasteiger partial charge in [-0.15, -0.1) is 11.8 Å². The molecule has 1 atom stereocenters. The van der Waals surface area contributed by atoms with Crippen molar-refractivity contribution < 1.29 is 14.3 Å². The van der Waals surface area contributed by atoms with Gasteiger partial charge in [-0.1, -0.05) is 23.7 Å². The second-order valence-electron chi connectivity index (χ2n) is 3.06. The normalized spacial score (nSPS) is 11.9. The predicted octanol–water partition coefficient (Wildman–Crippen LogP) is 2.56. The third kappa shape index (κ3) is 3.25. The lowest BCUT2D eigenvalue weighted by Crippen LogP contribution is -2.26. The van der Waals surface area contributed by atoms with Gasteiger partial charge in [0.1, 0.15) is 0 Å². The van der Waals surface area contributed by atoms with E-state index >= 15 is 0 Å². The minimum absolute atomic E-state index is 0.253. The lowest BCUT2D eigenvalue weighted by atomic mass is 10.3. The molecule has 0 bridgehead atoms. The maximum Gasteiger partial charge on any atom is 0.326 e. The monoisotopic (exact) mass is 258 g/mol. The summed E-state index contributed by atoms with van der Waals surface area (Å²) in [4.78, 5) is 23.3. The highest BCUT2D eigenvalue weighted by Gasteiger charge is 2.26. The Balaban J connectivity index is 2.88. The van der Waals surface area contributed by atoms with Crippen LogP contribution < -0.4 is 0 Å². The number of methoxy groups -OCH3 is 1. The number of thioether (sulfide) groups is 1. The Labute approximate surface area is 103 Å². The van der Waals surface area contributed by atoms with Crippen LogP contribution in [0.1, 0.15) is 6.92 Å². The Morgan fingerprint density at radius 3 is 2.50 bits per heavy atom. The number of halogens is 1. The van der Waals surface area contributed by atoms with E-state index in [0.717, 1.165) is 11.8 Å². The van der Waals surface area contributed by atoms with Crippen LogP contribution in [0.2, 0.25) is 5.02 Å². The van der Waals surface area contributed by atoms with Gasteiger partial charge in [-0.3, -0.25) is 9.59 Å². The summed E-state index contributed by atoms with van der Waals surface area (Å²) >= 11 is 7.04. The molecule has 1 aromatic carbocycles. The van der Waals surface area contributed by atoms with Crippen molar-refractivity contribution in [3.63, 3.8) is 0 Å².